The molecular formula is C25H33N3O. The van der Waals surface area contributed by atoms with Gasteiger partial charge in [0.1, 0.15) is 5.78 Å². The van der Waals surface area contributed by atoms with Crippen LogP contribution in [0.4, 0.5) is 0 Å². The average Bonchev–Trinajstić information content (AvgIpc) is 2.87. The lowest BCUT2D eigenvalue weighted by molar-refractivity contribution is -0.127. The number of hydrogen-bond donors (Lipinski definition) is 0. The second kappa shape index (κ2) is 8.39. The Morgan fingerprint density at radius 1 is 0.759 bits per heavy atom. The SMILES string of the molecule is CN1CCN(C)CC(C)(N2CC(c3ccccc3)C(=O)C(c3ccccc3)C2)C1. The van der Waals surface area contributed by atoms with Crippen molar-refractivity contribution in [1.82, 2.24) is 14.7 Å². The standard InChI is InChI=1S/C25H33N3O/c1-25(18-26(2)14-15-27(3)19-25)28-16-22(20-10-6-4-7-11-20)24(29)23(17-28)21-12-8-5-9-13-21/h4-13,22-23H,14-19H2,1-3H3. The molecule has 2 heterocycles. The molecule has 4 rings (SSSR count). The van der Waals surface area contributed by atoms with E-state index in [0.29, 0.717) is 5.78 Å². The summed E-state index contributed by atoms with van der Waals surface area (Å²) in [5.74, 6) is 0.203. The third-order valence-corrected chi connectivity index (χ3v) is 6.74. The molecule has 2 aliphatic rings. The van der Waals surface area contributed by atoms with Gasteiger partial charge < -0.3 is 9.80 Å². The van der Waals surface area contributed by atoms with Gasteiger partial charge in [0.25, 0.3) is 0 Å². The van der Waals surface area contributed by atoms with Gasteiger partial charge in [-0.15, -0.1) is 0 Å². The maximum absolute atomic E-state index is 13.6. The Balaban J connectivity index is 1.71. The molecule has 2 aliphatic heterocycles. The van der Waals surface area contributed by atoms with Crippen molar-refractivity contribution in [1.29, 1.82) is 0 Å². The van der Waals surface area contributed by atoms with Crippen LogP contribution in [0.5, 0.6) is 0 Å². The third kappa shape index (κ3) is 4.30. The van der Waals surface area contributed by atoms with E-state index in [0.717, 1.165) is 50.4 Å². The summed E-state index contributed by atoms with van der Waals surface area (Å²) in [6.07, 6.45) is 0. The first kappa shape index (κ1) is 20.3. The zero-order chi connectivity index (χ0) is 20.4. The van der Waals surface area contributed by atoms with Gasteiger partial charge in [-0.1, -0.05) is 60.7 Å². The predicted octanol–water partition coefficient (Wildman–Crippen LogP) is 3.07. The first-order valence-corrected chi connectivity index (χ1v) is 10.7. The molecule has 2 saturated heterocycles. The molecule has 2 aromatic rings. The zero-order valence-electron chi connectivity index (χ0n) is 17.9. The molecule has 0 N–H and O–H groups in total. The van der Waals surface area contributed by atoms with E-state index in [1.54, 1.807) is 0 Å². The lowest BCUT2D eigenvalue weighted by Gasteiger charge is -2.48. The average molecular weight is 392 g/mol. The maximum atomic E-state index is 13.6. The summed E-state index contributed by atoms with van der Waals surface area (Å²) < 4.78 is 0. The fourth-order valence-corrected chi connectivity index (χ4v) is 5.20. The van der Waals surface area contributed by atoms with E-state index in [2.05, 4.69) is 60.0 Å². The van der Waals surface area contributed by atoms with Crippen LogP contribution < -0.4 is 0 Å². The second-order valence-electron chi connectivity index (χ2n) is 9.21. The molecule has 0 amide bonds. The highest BCUT2D eigenvalue weighted by Crippen LogP contribution is 2.36. The first-order chi connectivity index (χ1) is 14.0. The topological polar surface area (TPSA) is 26.8 Å². The number of likely N-dealkylation sites (N-methyl/N-ethyl adjacent to an activating group) is 2. The van der Waals surface area contributed by atoms with Crippen LogP contribution in [0.25, 0.3) is 0 Å². The highest BCUT2D eigenvalue weighted by Gasteiger charge is 2.44. The number of hydrogen-bond acceptors (Lipinski definition) is 4. The fraction of sp³-hybridized carbons (Fsp3) is 0.480. The fourth-order valence-electron chi connectivity index (χ4n) is 5.20. The Kier molecular flexibility index (Phi) is 5.86. The Morgan fingerprint density at radius 3 is 1.59 bits per heavy atom. The van der Waals surface area contributed by atoms with E-state index < -0.39 is 0 Å². The second-order valence-corrected chi connectivity index (χ2v) is 9.21. The van der Waals surface area contributed by atoms with E-state index in [-0.39, 0.29) is 17.4 Å². The van der Waals surface area contributed by atoms with Crippen molar-refractivity contribution in [2.75, 3.05) is 53.4 Å². The van der Waals surface area contributed by atoms with Gasteiger partial charge in [-0.05, 0) is 32.1 Å². The van der Waals surface area contributed by atoms with Crippen LogP contribution in [0, 0.1) is 0 Å². The van der Waals surface area contributed by atoms with Gasteiger partial charge >= 0.3 is 0 Å². The molecule has 0 bridgehead atoms. The lowest BCUT2D eigenvalue weighted by Crippen LogP contribution is -2.61. The number of ketones is 1. The van der Waals surface area contributed by atoms with E-state index in [4.69, 9.17) is 0 Å². The van der Waals surface area contributed by atoms with Gasteiger partial charge in [0.2, 0.25) is 0 Å². The Labute approximate surface area is 175 Å². The molecule has 4 heteroatoms. The number of carbonyl (C=O) groups excluding carboxylic acids is 1. The molecule has 154 valence electrons. The summed E-state index contributed by atoms with van der Waals surface area (Å²) in [4.78, 5) is 21.1. The van der Waals surface area contributed by atoms with Gasteiger partial charge in [-0.25, -0.2) is 0 Å². The molecular weight excluding hydrogens is 358 g/mol. The van der Waals surface area contributed by atoms with E-state index in [1.807, 2.05) is 36.4 Å². The number of Topliss-reactive ketones (excluding diaryl/α,β-unsaturated/α-hetero) is 1. The highest BCUT2D eigenvalue weighted by atomic mass is 16.1. The van der Waals surface area contributed by atoms with E-state index in [1.165, 1.54) is 0 Å². The lowest BCUT2D eigenvalue weighted by atomic mass is 9.78. The monoisotopic (exact) mass is 391 g/mol. The van der Waals surface area contributed by atoms with Crippen LogP contribution in [0.1, 0.15) is 29.9 Å². The molecule has 29 heavy (non-hydrogen) atoms. The molecule has 4 nitrogen and oxygen atoms in total. The summed E-state index contributed by atoms with van der Waals surface area (Å²) in [5, 5.41) is 0. The Morgan fingerprint density at radius 2 is 1.17 bits per heavy atom. The molecule has 2 unspecified atom stereocenters. The van der Waals surface area contributed by atoms with Gasteiger partial charge in [0.15, 0.2) is 0 Å². The molecule has 2 fully saturated rings. The zero-order valence-corrected chi connectivity index (χ0v) is 17.9. The molecule has 2 aromatic carbocycles. The highest BCUT2D eigenvalue weighted by molar-refractivity contribution is 5.93. The van der Waals surface area contributed by atoms with Gasteiger partial charge in [-0.3, -0.25) is 9.69 Å². The predicted molar refractivity (Wildman–Crippen MR) is 118 cm³/mol. The largest absolute Gasteiger partial charge is 0.303 e. The minimum absolute atomic E-state index is 0.0146. The number of carbonyl (C=O) groups is 1. The van der Waals surface area contributed by atoms with Crippen molar-refractivity contribution in [3.05, 3.63) is 71.8 Å². The van der Waals surface area contributed by atoms with Gasteiger partial charge in [0.05, 0.1) is 11.8 Å². The van der Waals surface area contributed by atoms with Crippen LogP contribution in [0.3, 0.4) is 0 Å². The number of benzene rings is 2. The third-order valence-electron chi connectivity index (χ3n) is 6.74. The van der Waals surface area contributed by atoms with Gasteiger partial charge in [-0.2, -0.15) is 0 Å². The molecule has 2 atom stereocenters. The molecule has 0 aliphatic carbocycles. The molecule has 0 aromatic heterocycles. The summed E-state index contributed by atoms with van der Waals surface area (Å²) in [6, 6.07) is 20.7. The number of nitrogens with zero attached hydrogens (tertiary/aromatic N) is 3. The summed E-state index contributed by atoms with van der Waals surface area (Å²) in [6.45, 7) is 8.19. The number of likely N-dealkylation sites (tertiary alicyclic amines) is 1. The van der Waals surface area contributed by atoms with Crippen LogP contribution in [-0.4, -0.2) is 79.4 Å². The van der Waals surface area contributed by atoms with Crippen LogP contribution in [0.15, 0.2) is 60.7 Å². The minimum atomic E-state index is -0.0779. The maximum Gasteiger partial charge on any atom is 0.150 e. The Hall–Kier alpha value is -2.01. The van der Waals surface area contributed by atoms with Crippen LogP contribution in [-0.2, 0) is 4.79 Å². The summed E-state index contributed by atoms with van der Waals surface area (Å²) in [7, 11) is 4.44. The quantitative estimate of drug-likeness (QED) is 0.803. The summed E-state index contributed by atoms with van der Waals surface area (Å²) in [5.41, 5.74) is 2.30. The minimum Gasteiger partial charge on any atom is -0.303 e. The van der Waals surface area contributed by atoms with Gasteiger partial charge in [0, 0.05) is 44.8 Å². The van der Waals surface area contributed by atoms with E-state index in [9.17, 15) is 4.79 Å². The molecule has 0 spiro atoms. The van der Waals surface area contributed by atoms with Crippen molar-refractivity contribution in [3.63, 3.8) is 0 Å². The number of piperidine rings is 1. The first-order valence-electron chi connectivity index (χ1n) is 10.7. The van der Waals surface area contributed by atoms with Crippen LogP contribution >= 0.6 is 0 Å². The van der Waals surface area contributed by atoms with Crippen molar-refractivity contribution in [2.45, 2.75) is 24.3 Å². The number of rotatable bonds is 3. The normalized spacial score (nSPS) is 26.9. The summed E-state index contributed by atoms with van der Waals surface area (Å²) >= 11 is 0. The van der Waals surface area contributed by atoms with Crippen LogP contribution in [0.2, 0.25) is 0 Å². The molecule has 0 saturated carbocycles. The van der Waals surface area contributed by atoms with Crippen molar-refractivity contribution < 1.29 is 4.79 Å². The smallest absolute Gasteiger partial charge is 0.150 e. The van der Waals surface area contributed by atoms with Crippen molar-refractivity contribution in [3.8, 4) is 0 Å². The van der Waals surface area contributed by atoms with Crippen molar-refractivity contribution in [2.24, 2.45) is 0 Å². The Bertz CT molecular complexity index is 759. The van der Waals surface area contributed by atoms with E-state index >= 15 is 0 Å². The van der Waals surface area contributed by atoms with Crippen molar-refractivity contribution >= 4 is 5.78 Å². The molecule has 0 radical (unpaired) electrons.